The van der Waals surface area contributed by atoms with Gasteiger partial charge in [-0.25, -0.2) is 9.50 Å². The fraction of sp³-hybridized carbons (Fsp3) is 0.424. The normalized spacial score (nSPS) is 17.8. The van der Waals surface area contributed by atoms with Crippen LogP contribution < -0.4 is 5.32 Å². The van der Waals surface area contributed by atoms with Gasteiger partial charge in [-0.1, -0.05) is 73.5 Å². The fourth-order valence-corrected chi connectivity index (χ4v) is 6.35. The van der Waals surface area contributed by atoms with E-state index in [1.807, 2.05) is 24.3 Å². The number of nitrogens with zero attached hydrogens (tertiary/aromatic N) is 4. The van der Waals surface area contributed by atoms with Crippen LogP contribution >= 0.6 is 0 Å². The smallest absolute Gasteiger partial charge is 0.315 e. The van der Waals surface area contributed by atoms with Crippen molar-refractivity contribution in [2.45, 2.75) is 62.6 Å². The SMILES string of the molecule is O=C(O)C1(c2cn3nc(NCCCN4CCC(OC(c5ccccc5)c5ccccc5)CC4)ccc3n2)CCCC1. The molecular formula is C33H39N5O3. The maximum Gasteiger partial charge on any atom is 0.315 e. The lowest BCUT2D eigenvalue weighted by molar-refractivity contribution is -0.143. The van der Waals surface area contributed by atoms with E-state index in [1.54, 1.807) is 10.7 Å². The van der Waals surface area contributed by atoms with Crippen LogP contribution in [-0.4, -0.2) is 62.9 Å². The predicted molar refractivity (Wildman–Crippen MR) is 159 cm³/mol. The first-order valence-electron chi connectivity index (χ1n) is 14.9. The van der Waals surface area contributed by atoms with Gasteiger partial charge in [0.1, 0.15) is 17.3 Å². The highest BCUT2D eigenvalue weighted by Crippen LogP contribution is 2.41. The molecule has 41 heavy (non-hydrogen) atoms. The Morgan fingerprint density at radius 2 is 1.63 bits per heavy atom. The number of hydrogen-bond acceptors (Lipinski definition) is 6. The summed E-state index contributed by atoms with van der Waals surface area (Å²) in [6.45, 7) is 3.92. The summed E-state index contributed by atoms with van der Waals surface area (Å²) < 4.78 is 8.41. The Labute approximate surface area is 241 Å². The van der Waals surface area contributed by atoms with Crippen molar-refractivity contribution in [3.05, 3.63) is 95.8 Å². The summed E-state index contributed by atoms with van der Waals surface area (Å²) in [5.41, 5.74) is 2.84. The fourth-order valence-electron chi connectivity index (χ4n) is 6.35. The van der Waals surface area contributed by atoms with E-state index in [0.29, 0.717) is 24.2 Å². The number of benzene rings is 2. The number of rotatable bonds is 11. The molecule has 0 atom stereocenters. The molecule has 8 heteroatoms. The number of aliphatic carboxylic acids is 1. The van der Waals surface area contributed by atoms with Gasteiger partial charge in [0.15, 0.2) is 5.65 Å². The van der Waals surface area contributed by atoms with Crippen molar-refractivity contribution in [2.75, 3.05) is 31.5 Å². The number of fused-ring (bicyclic) bond motifs is 1. The summed E-state index contributed by atoms with van der Waals surface area (Å²) in [6, 6.07) is 24.9. The van der Waals surface area contributed by atoms with E-state index in [1.165, 1.54) is 11.1 Å². The van der Waals surface area contributed by atoms with E-state index in [4.69, 9.17) is 4.74 Å². The number of anilines is 1. The molecule has 2 fully saturated rings. The maximum atomic E-state index is 12.1. The second-order valence-electron chi connectivity index (χ2n) is 11.4. The number of aromatic nitrogens is 3. The lowest BCUT2D eigenvalue weighted by Gasteiger charge is -2.34. The van der Waals surface area contributed by atoms with E-state index >= 15 is 0 Å². The van der Waals surface area contributed by atoms with Crippen LogP contribution in [0.4, 0.5) is 5.82 Å². The van der Waals surface area contributed by atoms with Gasteiger partial charge in [-0.3, -0.25) is 4.79 Å². The van der Waals surface area contributed by atoms with Crippen molar-refractivity contribution < 1.29 is 14.6 Å². The molecule has 6 rings (SSSR count). The summed E-state index contributed by atoms with van der Waals surface area (Å²) in [6.07, 6.45) is 8.21. The molecule has 214 valence electrons. The lowest BCUT2D eigenvalue weighted by Crippen LogP contribution is -2.38. The van der Waals surface area contributed by atoms with Crippen LogP contribution in [0.2, 0.25) is 0 Å². The van der Waals surface area contributed by atoms with Crippen LogP contribution in [0.5, 0.6) is 0 Å². The molecule has 0 amide bonds. The number of ether oxygens (including phenoxy) is 1. The van der Waals surface area contributed by atoms with Crippen molar-refractivity contribution >= 4 is 17.4 Å². The Bertz CT molecular complexity index is 1390. The molecular weight excluding hydrogens is 514 g/mol. The minimum atomic E-state index is -0.871. The number of imidazole rings is 1. The lowest BCUT2D eigenvalue weighted by atomic mass is 9.83. The van der Waals surface area contributed by atoms with Gasteiger partial charge in [0, 0.05) is 19.6 Å². The van der Waals surface area contributed by atoms with E-state index in [2.05, 4.69) is 68.8 Å². The number of likely N-dealkylation sites (tertiary alicyclic amines) is 1. The molecule has 8 nitrogen and oxygen atoms in total. The summed E-state index contributed by atoms with van der Waals surface area (Å²) >= 11 is 0. The zero-order chi connectivity index (χ0) is 28.1. The van der Waals surface area contributed by atoms with Crippen molar-refractivity contribution in [1.29, 1.82) is 0 Å². The summed E-state index contributed by atoms with van der Waals surface area (Å²) in [5.74, 6) is -0.00298. The quantitative estimate of drug-likeness (QED) is 0.230. The standard InChI is InChI=1S/C33H39N5O3/c39-32(40)33(18-7-8-19-33)28-24-38-30(35-28)15-14-29(36-38)34-20-9-21-37-22-16-27(17-23-37)41-31(25-10-3-1-4-11-25)26-12-5-2-6-13-26/h1-6,10-15,24,27,31H,7-9,16-23H2,(H,34,36)(H,39,40). The summed E-state index contributed by atoms with van der Waals surface area (Å²) in [7, 11) is 0. The molecule has 1 saturated carbocycles. The molecule has 2 N–H and O–H groups in total. The molecule has 2 aliphatic rings. The van der Waals surface area contributed by atoms with Crippen LogP contribution in [-0.2, 0) is 14.9 Å². The topological polar surface area (TPSA) is 92.0 Å². The predicted octanol–water partition coefficient (Wildman–Crippen LogP) is 5.70. The minimum absolute atomic E-state index is 0.0395. The summed E-state index contributed by atoms with van der Waals surface area (Å²) in [5, 5.41) is 18.0. The molecule has 0 unspecified atom stereocenters. The van der Waals surface area contributed by atoms with Crippen molar-refractivity contribution in [2.24, 2.45) is 0 Å². The number of nitrogens with one attached hydrogen (secondary N) is 1. The highest BCUT2D eigenvalue weighted by atomic mass is 16.5. The largest absolute Gasteiger partial charge is 0.481 e. The Hall–Kier alpha value is -3.75. The molecule has 1 aliphatic carbocycles. The summed E-state index contributed by atoms with van der Waals surface area (Å²) in [4.78, 5) is 19.2. The van der Waals surface area contributed by atoms with Crippen LogP contribution in [0.25, 0.3) is 5.65 Å². The number of carboxylic acid groups (broad SMARTS) is 1. The van der Waals surface area contributed by atoms with Crippen LogP contribution in [0.1, 0.15) is 67.9 Å². The third-order valence-electron chi connectivity index (χ3n) is 8.70. The van der Waals surface area contributed by atoms with Gasteiger partial charge < -0.3 is 20.1 Å². The molecule has 2 aromatic heterocycles. The number of hydrogen-bond donors (Lipinski definition) is 2. The van der Waals surface area contributed by atoms with Gasteiger partial charge in [0.05, 0.1) is 18.0 Å². The monoisotopic (exact) mass is 553 g/mol. The van der Waals surface area contributed by atoms with E-state index in [0.717, 1.165) is 64.1 Å². The Morgan fingerprint density at radius 1 is 0.976 bits per heavy atom. The van der Waals surface area contributed by atoms with Crippen molar-refractivity contribution in [3.63, 3.8) is 0 Å². The maximum absolute atomic E-state index is 12.1. The Balaban J connectivity index is 0.976. The zero-order valence-corrected chi connectivity index (χ0v) is 23.5. The third kappa shape index (κ3) is 6.14. The van der Waals surface area contributed by atoms with Gasteiger partial charge in [-0.05, 0) is 61.9 Å². The molecule has 4 aromatic rings. The minimum Gasteiger partial charge on any atom is -0.481 e. The zero-order valence-electron chi connectivity index (χ0n) is 23.5. The first-order chi connectivity index (χ1) is 20.1. The van der Waals surface area contributed by atoms with Gasteiger partial charge in [0.25, 0.3) is 0 Å². The number of piperidine rings is 1. The molecule has 0 spiro atoms. The average molecular weight is 554 g/mol. The third-order valence-corrected chi connectivity index (χ3v) is 8.70. The van der Waals surface area contributed by atoms with Gasteiger partial charge in [0.2, 0.25) is 0 Å². The van der Waals surface area contributed by atoms with Gasteiger partial charge in [-0.15, -0.1) is 5.10 Å². The Kier molecular flexibility index (Phi) is 8.30. The second-order valence-corrected chi connectivity index (χ2v) is 11.4. The number of carbonyl (C=O) groups is 1. The highest BCUT2D eigenvalue weighted by molar-refractivity contribution is 5.81. The van der Waals surface area contributed by atoms with E-state index in [9.17, 15) is 9.90 Å². The van der Waals surface area contributed by atoms with Crippen LogP contribution in [0, 0.1) is 0 Å². The first-order valence-corrected chi connectivity index (χ1v) is 14.9. The van der Waals surface area contributed by atoms with Gasteiger partial charge >= 0.3 is 5.97 Å². The van der Waals surface area contributed by atoms with E-state index < -0.39 is 11.4 Å². The number of carboxylic acids is 1. The molecule has 1 saturated heterocycles. The van der Waals surface area contributed by atoms with Crippen molar-refractivity contribution in [1.82, 2.24) is 19.5 Å². The van der Waals surface area contributed by atoms with E-state index in [-0.39, 0.29) is 12.2 Å². The van der Waals surface area contributed by atoms with Crippen molar-refractivity contribution in [3.8, 4) is 0 Å². The first kappa shape index (κ1) is 27.4. The Morgan fingerprint density at radius 3 is 2.27 bits per heavy atom. The molecule has 2 aromatic carbocycles. The molecule has 0 bridgehead atoms. The molecule has 0 radical (unpaired) electrons. The van der Waals surface area contributed by atoms with Crippen LogP contribution in [0.15, 0.2) is 79.0 Å². The van der Waals surface area contributed by atoms with Gasteiger partial charge in [-0.2, -0.15) is 0 Å². The molecule has 3 heterocycles. The average Bonchev–Trinajstić information content (AvgIpc) is 3.68. The molecule has 1 aliphatic heterocycles. The highest BCUT2D eigenvalue weighted by Gasteiger charge is 2.45. The second kappa shape index (κ2) is 12.4. The van der Waals surface area contributed by atoms with Crippen LogP contribution in [0.3, 0.4) is 0 Å².